The number of carbonyl (C=O) groups excluding carboxylic acids is 2. The molecule has 0 spiro atoms. The molecule has 74 valence electrons. The first-order valence-electron chi connectivity index (χ1n) is 4.07. The predicted octanol–water partition coefficient (Wildman–Crippen LogP) is 1.00. The van der Waals surface area contributed by atoms with Crippen molar-refractivity contribution < 1.29 is 19.1 Å². The minimum atomic E-state index is -0.783. The van der Waals surface area contributed by atoms with Crippen molar-refractivity contribution in [3.8, 4) is 0 Å². The summed E-state index contributed by atoms with van der Waals surface area (Å²) >= 11 is 1.33. The molecule has 5 heteroatoms. The van der Waals surface area contributed by atoms with Gasteiger partial charge in [0.1, 0.15) is 4.88 Å². The maximum Gasteiger partial charge on any atom is 0.349 e. The molecular weight excluding hydrogens is 204 g/mol. The zero-order valence-corrected chi connectivity index (χ0v) is 8.30. The molecule has 0 saturated carbocycles. The molecular formula is C9H8O4S. The molecule has 1 aromatic heterocycles. The normalized spacial score (nSPS) is 19.8. The Labute approximate surface area is 84.4 Å². The van der Waals surface area contributed by atoms with Gasteiger partial charge in [-0.25, -0.2) is 9.59 Å². The number of ether oxygens (including phenoxy) is 2. The molecule has 14 heavy (non-hydrogen) atoms. The van der Waals surface area contributed by atoms with Crippen molar-refractivity contribution in [2.75, 3.05) is 7.11 Å². The van der Waals surface area contributed by atoms with E-state index in [1.165, 1.54) is 18.4 Å². The Morgan fingerprint density at radius 2 is 2.50 bits per heavy atom. The van der Waals surface area contributed by atoms with E-state index in [1.807, 2.05) is 11.4 Å². The Morgan fingerprint density at radius 3 is 3.21 bits per heavy atom. The van der Waals surface area contributed by atoms with Crippen LogP contribution < -0.4 is 0 Å². The summed E-state index contributed by atoms with van der Waals surface area (Å²) in [5, 5.41) is 1.81. The van der Waals surface area contributed by atoms with Crippen molar-refractivity contribution in [1.29, 1.82) is 0 Å². The third-order valence-corrected chi connectivity index (χ3v) is 2.99. The second kappa shape index (κ2) is 3.42. The van der Waals surface area contributed by atoms with Gasteiger partial charge in [-0.2, -0.15) is 0 Å². The first-order valence-corrected chi connectivity index (χ1v) is 4.95. The molecule has 0 radical (unpaired) electrons. The molecule has 4 nitrogen and oxygen atoms in total. The molecule has 0 fully saturated rings. The van der Waals surface area contributed by atoms with Crippen molar-refractivity contribution in [2.24, 2.45) is 0 Å². The van der Waals surface area contributed by atoms with E-state index in [2.05, 4.69) is 4.74 Å². The van der Waals surface area contributed by atoms with E-state index in [0.29, 0.717) is 11.3 Å². The van der Waals surface area contributed by atoms with E-state index < -0.39 is 18.0 Å². The van der Waals surface area contributed by atoms with Gasteiger partial charge in [-0.3, -0.25) is 0 Å². The fourth-order valence-corrected chi connectivity index (χ4v) is 2.18. The molecule has 1 aliphatic heterocycles. The highest BCUT2D eigenvalue weighted by Crippen LogP contribution is 2.25. The summed E-state index contributed by atoms with van der Waals surface area (Å²) in [4.78, 5) is 23.1. The van der Waals surface area contributed by atoms with Crippen LogP contribution in [0.15, 0.2) is 11.4 Å². The van der Waals surface area contributed by atoms with Gasteiger partial charge in [0.2, 0.25) is 6.10 Å². The zero-order chi connectivity index (χ0) is 10.1. The van der Waals surface area contributed by atoms with E-state index in [4.69, 9.17) is 4.74 Å². The van der Waals surface area contributed by atoms with Gasteiger partial charge in [0.05, 0.1) is 7.11 Å². The van der Waals surface area contributed by atoms with Crippen molar-refractivity contribution in [3.63, 3.8) is 0 Å². The van der Waals surface area contributed by atoms with Gasteiger partial charge in [-0.1, -0.05) is 0 Å². The highest BCUT2D eigenvalue weighted by atomic mass is 32.1. The molecule has 2 rings (SSSR count). The van der Waals surface area contributed by atoms with Crippen LogP contribution in [0.5, 0.6) is 0 Å². The van der Waals surface area contributed by atoms with Gasteiger partial charge in [0, 0.05) is 6.42 Å². The minimum absolute atomic E-state index is 0.414. The van der Waals surface area contributed by atoms with E-state index in [1.54, 1.807) is 0 Å². The van der Waals surface area contributed by atoms with Crippen LogP contribution >= 0.6 is 11.3 Å². The smallest absolute Gasteiger partial charge is 0.349 e. The van der Waals surface area contributed by atoms with Gasteiger partial charge in [-0.15, -0.1) is 11.3 Å². The van der Waals surface area contributed by atoms with Crippen LogP contribution in [0.1, 0.15) is 15.2 Å². The second-order valence-electron chi connectivity index (χ2n) is 2.90. The predicted molar refractivity (Wildman–Crippen MR) is 49.2 cm³/mol. The van der Waals surface area contributed by atoms with Crippen LogP contribution in [0.2, 0.25) is 0 Å². The summed E-state index contributed by atoms with van der Waals surface area (Å²) in [6.07, 6.45) is -0.369. The van der Waals surface area contributed by atoms with E-state index in [-0.39, 0.29) is 0 Å². The molecule has 1 atom stereocenters. The Kier molecular flexibility index (Phi) is 2.25. The van der Waals surface area contributed by atoms with E-state index in [9.17, 15) is 9.59 Å². The first-order chi connectivity index (χ1) is 6.72. The number of rotatable bonds is 1. The van der Waals surface area contributed by atoms with Crippen LogP contribution in [-0.2, 0) is 20.7 Å². The standard InChI is InChI=1S/C9H8O4S/c1-12-8(10)6-4-5-2-3-14-7(5)9(11)13-6/h2-3,6H,4H2,1H3. The van der Waals surface area contributed by atoms with Crippen LogP contribution in [0.3, 0.4) is 0 Å². The lowest BCUT2D eigenvalue weighted by Crippen LogP contribution is -2.34. The molecule has 1 aromatic rings. The Hall–Kier alpha value is -1.36. The number of carbonyl (C=O) groups is 2. The topological polar surface area (TPSA) is 52.6 Å². The van der Waals surface area contributed by atoms with Gasteiger partial charge in [-0.05, 0) is 17.0 Å². The Morgan fingerprint density at radius 1 is 1.71 bits per heavy atom. The second-order valence-corrected chi connectivity index (χ2v) is 3.81. The highest BCUT2D eigenvalue weighted by Gasteiger charge is 2.32. The molecule has 2 heterocycles. The SMILES string of the molecule is COC(=O)C1Cc2ccsc2C(=O)O1. The molecule has 0 aromatic carbocycles. The third kappa shape index (κ3) is 1.39. The van der Waals surface area contributed by atoms with Crippen LogP contribution in [0.25, 0.3) is 0 Å². The maximum absolute atomic E-state index is 11.4. The van der Waals surface area contributed by atoms with Crippen molar-refractivity contribution >= 4 is 23.3 Å². The fourth-order valence-electron chi connectivity index (χ4n) is 1.36. The largest absolute Gasteiger partial charge is 0.466 e. The van der Waals surface area contributed by atoms with E-state index in [0.717, 1.165) is 5.56 Å². The number of fused-ring (bicyclic) bond motifs is 1. The summed E-state index contributed by atoms with van der Waals surface area (Å²) in [6.45, 7) is 0. The lowest BCUT2D eigenvalue weighted by Gasteiger charge is -2.19. The van der Waals surface area contributed by atoms with Crippen molar-refractivity contribution in [2.45, 2.75) is 12.5 Å². The number of esters is 2. The van der Waals surface area contributed by atoms with Gasteiger partial charge in [0.25, 0.3) is 0 Å². The maximum atomic E-state index is 11.4. The zero-order valence-electron chi connectivity index (χ0n) is 7.48. The van der Waals surface area contributed by atoms with Crippen LogP contribution in [0.4, 0.5) is 0 Å². The number of hydrogen-bond acceptors (Lipinski definition) is 5. The minimum Gasteiger partial charge on any atom is -0.466 e. The average molecular weight is 212 g/mol. The average Bonchev–Trinajstić information content (AvgIpc) is 2.64. The molecule has 0 amide bonds. The van der Waals surface area contributed by atoms with Crippen LogP contribution in [0, 0.1) is 0 Å². The third-order valence-electron chi connectivity index (χ3n) is 2.05. The summed E-state index contributed by atoms with van der Waals surface area (Å²) in [7, 11) is 1.28. The van der Waals surface area contributed by atoms with Crippen molar-refractivity contribution in [1.82, 2.24) is 0 Å². The lowest BCUT2D eigenvalue weighted by molar-refractivity contribution is -0.151. The monoisotopic (exact) mass is 212 g/mol. The van der Waals surface area contributed by atoms with Gasteiger partial charge < -0.3 is 9.47 Å². The molecule has 0 saturated heterocycles. The fraction of sp³-hybridized carbons (Fsp3) is 0.333. The lowest BCUT2D eigenvalue weighted by atomic mass is 10.1. The molecule has 0 aliphatic carbocycles. The van der Waals surface area contributed by atoms with Crippen molar-refractivity contribution in [3.05, 3.63) is 21.9 Å². The summed E-state index contributed by atoms with van der Waals surface area (Å²) in [6, 6.07) is 1.83. The van der Waals surface area contributed by atoms with Crippen LogP contribution in [-0.4, -0.2) is 25.2 Å². The quantitative estimate of drug-likeness (QED) is 0.652. The van der Waals surface area contributed by atoms with E-state index >= 15 is 0 Å². The number of thiophene rings is 1. The van der Waals surface area contributed by atoms with Gasteiger partial charge in [0.15, 0.2) is 0 Å². The number of cyclic esters (lactones) is 1. The number of methoxy groups -OCH3 is 1. The Balaban J connectivity index is 2.25. The summed E-state index contributed by atoms with van der Waals surface area (Å²) in [5.41, 5.74) is 0.863. The Bertz CT molecular complexity index is 382. The molecule has 0 N–H and O–H groups in total. The first kappa shape index (κ1) is 9.21. The highest BCUT2D eigenvalue weighted by molar-refractivity contribution is 7.12. The summed E-state index contributed by atoms with van der Waals surface area (Å²) in [5.74, 6) is -0.938. The molecule has 0 bridgehead atoms. The molecule has 1 aliphatic rings. The van der Waals surface area contributed by atoms with Gasteiger partial charge >= 0.3 is 11.9 Å². The summed E-state index contributed by atoms with van der Waals surface area (Å²) < 4.78 is 9.44. The molecule has 1 unspecified atom stereocenters. The number of hydrogen-bond donors (Lipinski definition) is 0.